The highest BCUT2D eigenvalue weighted by Crippen LogP contribution is 2.34. The fourth-order valence-electron chi connectivity index (χ4n) is 2.82. The number of para-hydroxylation sites is 1. The molecule has 0 fully saturated rings. The number of hydrogen-bond acceptors (Lipinski definition) is 5. The van der Waals surface area contributed by atoms with Crippen LogP contribution in [0.4, 0.5) is 18.9 Å². The molecule has 0 aliphatic carbocycles. The molecular formula is C21H20ClF3N4O2S. The molecular weight excluding hydrogens is 465 g/mol. The standard InChI is InChI=1S/C21H20ClF3N4O2S/c1-3-29-18(11-31-17-7-5-4-6-13(17)2)27-28-20(29)32-12-19(30)26-16-10-14(21(23,24)25)8-9-15(16)22/h4-10H,3,11-12H2,1-2H3,(H,26,30). The third-order valence-corrected chi connectivity index (χ3v) is 5.76. The van der Waals surface area contributed by atoms with Gasteiger partial charge in [0, 0.05) is 6.54 Å². The first-order valence-electron chi connectivity index (χ1n) is 9.59. The van der Waals surface area contributed by atoms with Crippen LogP contribution in [0, 0.1) is 6.92 Å². The largest absolute Gasteiger partial charge is 0.485 e. The number of hydrogen-bond donors (Lipinski definition) is 1. The lowest BCUT2D eigenvalue weighted by atomic mass is 10.2. The number of halogens is 4. The molecule has 6 nitrogen and oxygen atoms in total. The molecule has 0 saturated heterocycles. The van der Waals surface area contributed by atoms with Crippen molar-refractivity contribution in [2.75, 3.05) is 11.1 Å². The highest BCUT2D eigenvalue weighted by Gasteiger charge is 2.31. The number of nitrogens with zero attached hydrogens (tertiary/aromatic N) is 3. The Labute approximate surface area is 192 Å². The minimum Gasteiger partial charge on any atom is -0.485 e. The molecule has 3 rings (SSSR count). The predicted octanol–water partition coefficient (Wildman–Crippen LogP) is 5.59. The van der Waals surface area contributed by atoms with Gasteiger partial charge in [-0.15, -0.1) is 10.2 Å². The van der Waals surface area contributed by atoms with Gasteiger partial charge in [-0.3, -0.25) is 4.79 Å². The van der Waals surface area contributed by atoms with Crippen molar-refractivity contribution in [2.45, 2.75) is 38.3 Å². The molecule has 1 amide bonds. The summed E-state index contributed by atoms with van der Waals surface area (Å²) in [6.45, 7) is 4.62. The Kier molecular flexibility index (Phi) is 7.68. The molecule has 0 radical (unpaired) electrons. The number of thioether (sulfide) groups is 1. The van der Waals surface area contributed by atoms with Gasteiger partial charge in [0.05, 0.1) is 22.0 Å². The van der Waals surface area contributed by atoms with Crippen LogP contribution in [0.25, 0.3) is 0 Å². The Hall–Kier alpha value is -2.72. The van der Waals surface area contributed by atoms with Crippen molar-refractivity contribution in [2.24, 2.45) is 0 Å². The Morgan fingerprint density at radius 1 is 1.22 bits per heavy atom. The van der Waals surface area contributed by atoms with Crippen molar-refractivity contribution >= 4 is 35.0 Å². The zero-order valence-electron chi connectivity index (χ0n) is 17.2. The van der Waals surface area contributed by atoms with Gasteiger partial charge in [-0.25, -0.2) is 0 Å². The molecule has 0 unspecified atom stereocenters. The Bertz CT molecular complexity index is 1100. The third kappa shape index (κ3) is 5.95. The van der Waals surface area contributed by atoms with E-state index in [0.29, 0.717) is 17.5 Å². The number of anilines is 1. The van der Waals surface area contributed by atoms with E-state index in [0.717, 1.165) is 41.3 Å². The number of aromatic nitrogens is 3. The molecule has 0 atom stereocenters. The van der Waals surface area contributed by atoms with E-state index < -0.39 is 17.6 Å². The smallest absolute Gasteiger partial charge is 0.416 e. The number of benzene rings is 2. The lowest BCUT2D eigenvalue weighted by Gasteiger charge is -2.12. The Morgan fingerprint density at radius 2 is 1.97 bits per heavy atom. The maximum absolute atomic E-state index is 12.9. The van der Waals surface area contributed by atoms with Gasteiger partial charge in [0.25, 0.3) is 0 Å². The molecule has 3 aromatic rings. The van der Waals surface area contributed by atoms with Crippen molar-refractivity contribution in [3.8, 4) is 5.75 Å². The molecule has 0 aliphatic heterocycles. The normalized spacial score (nSPS) is 11.4. The fourth-order valence-corrected chi connectivity index (χ4v) is 3.81. The molecule has 170 valence electrons. The van der Waals surface area contributed by atoms with Gasteiger partial charge in [0.15, 0.2) is 11.0 Å². The van der Waals surface area contributed by atoms with Crippen LogP contribution in [0.1, 0.15) is 23.9 Å². The van der Waals surface area contributed by atoms with Crippen molar-refractivity contribution in [3.63, 3.8) is 0 Å². The fraction of sp³-hybridized carbons (Fsp3) is 0.286. The summed E-state index contributed by atoms with van der Waals surface area (Å²) in [5.41, 5.74) is -0.000157. The van der Waals surface area contributed by atoms with Crippen LogP contribution in [-0.4, -0.2) is 26.4 Å². The Balaban J connectivity index is 1.62. The van der Waals surface area contributed by atoms with Crippen molar-refractivity contribution in [3.05, 3.63) is 64.4 Å². The van der Waals surface area contributed by atoms with Gasteiger partial charge >= 0.3 is 6.18 Å². The maximum Gasteiger partial charge on any atom is 0.416 e. The summed E-state index contributed by atoms with van der Waals surface area (Å²) in [6, 6.07) is 10.4. The molecule has 0 spiro atoms. The number of amides is 1. The van der Waals surface area contributed by atoms with Crippen LogP contribution in [0.15, 0.2) is 47.6 Å². The van der Waals surface area contributed by atoms with Gasteiger partial charge in [0.2, 0.25) is 5.91 Å². The zero-order chi connectivity index (χ0) is 23.3. The predicted molar refractivity (Wildman–Crippen MR) is 117 cm³/mol. The summed E-state index contributed by atoms with van der Waals surface area (Å²) in [7, 11) is 0. The van der Waals surface area contributed by atoms with Gasteiger partial charge in [-0.2, -0.15) is 13.2 Å². The first kappa shape index (κ1) is 23.9. The van der Waals surface area contributed by atoms with E-state index >= 15 is 0 Å². The molecule has 1 N–H and O–H groups in total. The van der Waals surface area contributed by atoms with Crippen molar-refractivity contribution in [1.29, 1.82) is 0 Å². The summed E-state index contributed by atoms with van der Waals surface area (Å²) in [4.78, 5) is 12.3. The number of carbonyl (C=O) groups is 1. The van der Waals surface area contributed by atoms with E-state index in [9.17, 15) is 18.0 Å². The van der Waals surface area contributed by atoms with Gasteiger partial charge < -0.3 is 14.6 Å². The number of alkyl halides is 3. The van der Waals surface area contributed by atoms with E-state index in [-0.39, 0.29) is 23.1 Å². The summed E-state index contributed by atoms with van der Waals surface area (Å²) in [5.74, 6) is 0.743. The molecule has 1 aromatic heterocycles. The first-order chi connectivity index (χ1) is 15.2. The van der Waals surface area contributed by atoms with E-state index in [1.54, 1.807) is 0 Å². The second kappa shape index (κ2) is 10.3. The monoisotopic (exact) mass is 484 g/mol. The molecule has 0 aliphatic rings. The molecule has 1 heterocycles. The summed E-state index contributed by atoms with van der Waals surface area (Å²) in [6.07, 6.45) is -4.53. The van der Waals surface area contributed by atoms with E-state index in [2.05, 4.69) is 15.5 Å². The summed E-state index contributed by atoms with van der Waals surface area (Å²) < 4.78 is 46.3. The van der Waals surface area contributed by atoms with Gasteiger partial charge in [-0.1, -0.05) is 41.6 Å². The van der Waals surface area contributed by atoms with Crippen LogP contribution >= 0.6 is 23.4 Å². The van der Waals surface area contributed by atoms with Crippen molar-refractivity contribution in [1.82, 2.24) is 14.8 Å². The number of ether oxygens (including phenoxy) is 1. The number of rotatable bonds is 8. The first-order valence-corrected chi connectivity index (χ1v) is 10.9. The van der Waals surface area contributed by atoms with Gasteiger partial charge in [-0.05, 0) is 43.7 Å². The van der Waals surface area contributed by atoms with Crippen LogP contribution < -0.4 is 10.1 Å². The minimum atomic E-state index is -4.53. The average Bonchev–Trinajstić information content (AvgIpc) is 3.14. The minimum absolute atomic E-state index is 0.0173. The van der Waals surface area contributed by atoms with Crippen molar-refractivity contribution < 1.29 is 22.7 Å². The quantitative estimate of drug-likeness (QED) is 0.422. The second-order valence-corrected chi connectivity index (χ2v) is 8.08. The van der Waals surface area contributed by atoms with E-state index in [4.69, 9.17) is 16.3 Å². The van der Waals surface area contributed by atoms with Crippen LogP contribution in [-0.2, 0) is 24.1 Å². The molecule has 0 bridgehead atoms. The topological polar surface area (TPSA) is 69.0 Å². The highest BCUT2D eigenvalue weighted by atomic mass is 35.5. The number of aryl methyl sites for hydroxylation is 1. The van der Waals surface area contributed by atoms with E-state index in [1.807, 2.05) is 42.7 Å². The molecule has 0 saturated carbocycles. The van der Waals surface area contributed by atoms with Crippen LogP contribution in [0.5, 0.6) is 5.75 Å². The van der Waals surface area contributed by atoms with Crippen LogP contribution in [0.3, 0.4) is 0 Å². The lowest BCUT2D eigenvalue weighted by Crippen LogP contribution is -2.16. The average molecular weight is 485 g/mol. The summed E-state index contributed by atoms with van der Waals surface area (Å²) in [5, 5.41) is 11.2. The SMILES string of the molecule is CCn1c(COc2ccccc2C)nnc1SCC(=O)Nc1cc(C(F)(F)F)ccc1Cl. The maximum atomic E-state index is 12.9. The van der Waals surface area contributed by atoms with Gasteiger partial charge in [0.1, 0.15) is 12.4 Å². The summed E-state index contributed by atoms with van der Waals surface area (Å²) >= 11 is 7.04. The lowest BCUT2D eigenvalue weighted by molar-refractivity contribution is -0.137. The number of carbonyl (C=O) groups excluding carboxylic acids is 1. The molecule has 2 aromatic carbocycles. The molecule has 32 heavy (non-hydrogen) atoms. The Morgan fingerprint density at radius 3 is 2.66 bits per heavy atom. The second-order valence-electron chi connectivity index (χ2n) is 6.73. The van der Waals surface area contributed by atoms with Crippen LogP contribution in [0.2, 0.25) is 5.02 Å². The zero-order valence-corrected chi connectivity index (χ0v) is 18.8. The molecule has 11 heteroatoms. The number of nitrogens with one attached hydrogen (secondary N) is 1. The third-order valence-electron chi connectivity index (χ3n) is 4.46. The highest BCUT2D eigenvalue weighted by molar-refractivity contribution is 7.99. The van der Waals surface area contributed by atoms with E-state index in [1.165, 1.54) is 0 Å².